The highest BCUT2D eigenvalue weighted by Crippen LogP contribution is 2.35. The normalized spacial score (nSPS) is 16.4. The average molecular weight is 399 g/mol. The van der Waals surface area contributed by atoms with Gasteiger partial charge in [0, 0.05) is 37.2 Å². The van der Waals surface area contributed by atoms with Crippen LogP contribution in [0, 0.1) is 0 Å². The van der Waals surface area contributed by atoms with Gasteiger partial charge in [0.2, 0.25) is 0 Å². The van der Waals surface area contributed by atoms with Crippen molar-refractivity contribution in [3.63, 3.8) is 0 Å². The van der Waals surface area contributed by atoms with E-state index >= 15 is 0 Å². The highest BCUT2D eigenvalue weighted by Gasteiger charge is 2.31. The number of benzene rings is 2. The van der Waals surface area contributed by atoms with Crippen LogP contribution in [0.15, 0.2) is 53.0 Å². The molecular weight excluding hydrogens is 381 g/mol. The molecule has 0 bridgehead atoms. The lowest BCUT2D eigenvalue weighted by Crippen LogP contribution is -2.46. The highest BCUT2D eigenvalue weighted by molar-refractivity contribution is 9.10. The summed E-state index contributed by atoms with van der Waals surface area (Å²) in [4.78, 5) is 4.50. The second kappa shape index (κ2) is 7.15. The predicted octanol–water partition coefficient (Wildman–Crippen LogP) is 4.79. The quantitative estimate of drug-likeness (QED) is 0.733. The molecule has 1 heterocycles. The van der Waals surface area contributed by atoms with Gasteiger partial charge >= 0.3 is 6.18 Å². The van der Waals surface area contributed by atoms with Gasteiger partial charge in [0.15, 0.2) is 0 Å². The van der Waals surface area contributed by atoms with E-state index in [-0.39, 0.29) is 0 Å². The Hall–Kier alpha value is -1.53. The van der Waals surface area contributed by atoms with E-state index in [4.69, 9.17) is 0 Å². The summed E-state index contributed by atoms with van der Waals surface area (Å²) in [7, 11) is 0. The van der Waals surface area contributed by atoms with E-state index in [1.54, 1.807) is 6.07 Å². The minimum atomic E-state index is -4.31. The molecule has 0 aromatic heterocycles. The van der Waals surface area contributed by atoms with E-state index in [9.17, 15) is 13.2 Å². The largest absolute Gasteiger partial charge is 0.416 e. The first-order valence-electron chi connectivity index (χ1n) is 7.81. The van der Waals surface area contributed by atoms with Gasteiger partial charge in [-0.3, -0.25) is 4.90 Å². The van der Waals surface area contributed by atoms with Crippen molar-refractivity contribution < 1.29 is 13.2 Å². The molecule has 24 heavy (non-hydrogen) atoms. The molecule has 0 N–H and O–H groups in total. The van der Waals surface area contributed by atoms with Crippen LogP contribution in [-0.2, 0) is 12.7 Å². The molecule has 3 rings (SSSR count). The molecule has 0 saturated carbocycles. The first-order valence-corrected chi connectivity index (χ1v) is 8.61. The zero-order valence-electron chi connectivity index (χ0n) is 13.1. The number of hydrogen-bond donors (Lipinski definition) is 0. The summed E-state index contributed by atoms with van der Waals surface area (Å²) >= 11 is 3.29. The molecule has 0 radical (unpaired) electrons. The molecular formula is C18H18BrF3N2. The van der Waals surface area contributed by atoms with Crippen LogP contribution in [0.2, 0.25) is 0 Å². The minimum Gasteiger partial charge on any atom is -0.368 e. The second-order valence-electron chi connectivity index (χ2n) is 5.91. The maximum Gasteiger partial charge on any atom is 0.416 e. The Kier molecular flexibility index (Phi) is 5.15. The van der Waals surface area contributed by atoms with Gasteiger partial charge in [-0.15, -0.1) is 0 Å². The molecule has 1 aliphatic rings. The van der Waals surface area contributed by atoms with Crippen molar-refractivity contribution >= 4 is 21.6 Å². The van der Waals surface area contributed by atoms with E-state index in [0.717, 1.165) is 50.5 Å². The van der Waals surface area contributed by atoms with E-state index in [1.165, 1.54) is 5.56 Å². The van der Waals surface area contributed by atoms with Crippen LogP contribution >= 0.6 is 15.9 Å². The number of anilines is 1. The zero-order valence-corrected chi connectivity index (χ0v) is 14.6. The Bertz CT molecular complexity index is 680. The lowest BCUT2D eigenvalue weighted by molar-refractivity contribution is -0.137. The van der Waals surface area contributed by atoms with Crippen molar-refractivity contribution in [2.45, 2.75) is 12.7 Å². The van der Waals surface area contributed by atoms with Crippen LogP contribution in [0.5, 0.6) is 0 Å². The SMILES string of the molecule is FC(F)(F)c1ccc(N2CCN(Cc3ccccc3)CC2)c(Br)c1. The Labute approximate surface area is 148 Å². The van der Waals surface area contributed by atoms with Gasteiger partial charge in [0.25, 0.3) is 0 Å². The van der Waals surface area contributed by atoms with Gasteiger partial charge < -0.3 is 4.90 Å². The molecule has 0 aliphatic carbocycles. The third-order valence-corrected chi connectivity index (χ3v) is 4.87. The summed E-state index contributed by atoms with van der Waals surface area (Å²) < 4.78 is 38.8. The molecule has 2 aromatic rings. The summed E-state index contributed by atoms with van der Waals surface area (Å²) in [6.07, 6.45) is -4.31. The van der Waals surface area contributed by atoms with Gasteiger partial charge in [-0.25, -0.2) is 0 Å². The Balaban J connectivity index is 1.62. The number of rotatable bonds is 3. The average Bonchev–Trinajstić information content (AvgIpc) is 2.56. The number of hydrogen-bond acceptors (Lipinski definition) is 2. The number of alkyl halides is 3. The maximum absolute atomic E-state index is 12.8. The molecule has 1 fully saturated rings. The van der Waals surface area contributed by atoms with Crippen LogP contribution < -0.4 is 4.90 Å². The van der Waals surface area contributed by atoms with Crippen molar-refractivity contribution in [3.8, 4) is 0 Å². The third kappa shape index (κ3) is 4.11. The minimum absolute atomic E-state index is 0.494. The monoisotopic (exact) mass is 398 g/mol. The van der Waals surface area contributed by atoms with Crippen molar-refractivity contribution in [2.24, 2.45) is 0 Å². The molecule has 6 heteroatoms. The van der Waals surface area contributed by atoms with Crippen LogP contribution in [0.3, 0.4) is 0 Å². The fraction of sp³-hybridized carbons (Fsp3) is 0.333. The fourth-order valence-electron chi connectivity index (χ4n) is 2.93. The highest BCUT2D eigenvalue weighted by atomic mass is 79.9. The van der Waals surface area contributed by atoms with Crippen LogP contribution in [0.4, 0.5) is 18.9 Å². The zero-order chi connectivity index (χ0) is 17.2. The van der Waals surface area contributed by atoms with Crippen molar-refractivity contribution in [2.75, 3.05) is 31.1 Å². The van der Waals surface area contributed by atoms with Gasteiger partial charge in [-0.05, 0) is 39.7 Å². The van der Waals surface area contributed by atoms with Crippen LogP contribution in [0.25, 0.3) is 0 Å². The molecule has 0 atom stereocenters. The Morgan fingerprint density at radius 2 is 1.58 bits per heavy atom. The molecule has 2 nitrogen and oxygen atoms in total. The second-order valence-corrected chi connectivity index (χ2v) is 6.77. The van der Waals surface area contributed by atoms with Gasteiger partial charge in [0.05, 0.1) is 11.3 Å². The maximum atomic E-state index is 12.8. The summed E-state index contributed by atoms with van der Waals surface area (Å²) in [5.74, 6) is 0. The first kappa shape index (κ1) is 17.3. The molecule has 0 unspecified atom stereocenters. The Morgan fingerprint density at radius 1 is 0.917 bits per heavy atom. The molecule has 2 aromatic carbocycles. The Morgan fingerprint density at radius 3 is 2.17 bits per heavy atom. The first-order chi connectivity index (χ1) is 11.4. The van der Waals surface area contributed by atoms with Crippen LogP contribution in [0.1, 0.15) is 11.1 Å². The number of nitrogens with zero attached hydrogens (tertiary/aromatic N) is 2. The molecule has 1 saturated heterocycles. The lowest BCUT2D eigenvalue weighted by Gasteiger charge is -2.36. The number of halogens is 4. The number of piperazine rings is 1. The van der Waals surface area contributed by atoms with E-state index < -0.39 is 11.7 Å². The fourth-order valence-corrected chi connectivity index (χ4v) is 3.56. The predicted molar refractivity (Wildman–Crippen MR) is 93.1 cm³/mol. The topological polar surface area (TPSA) is 6.48 Å². The molecule has 1 aliphatic heterocycles. The summed E-state index contributed by atoms with van der Waals surface area (Å²) in [5, 5.41) is 0. The van der Waals surface area contributed by atoms with Crippen molar-refractivity contribution in [1.29, 1.82) is 0 Å². The van der Waals surface area contributed by atoms with Gasteiger partial charge in [-0.2, -0.15) is 13.2 Å². The lowest BCUT2D eigenvalue weighted by atomic mass is 10.1. The van der Waals surface area contributed by atoms with Crippen LogP contribution in [-0.4, -0.2) is 31.1 Å². The van der Waals surface area contributed by atoms with Crippen molar-refractivity contribution in [3.05, 3.63) is 64.1 Å². The summed E-state index contributed by atoms with van der Waals surface area (Å²) in [5.41, 5.74) is 1.48. The van der Waals surface area contributed by atoms with Gasteiger partial charge in [-0.1, -0.05) is 30.3 Å². The molecule has 128 valence electrons. The third-order valence-electron chi connectivity index (χ3n) is 4.24. The van der Waals surface area contributed by atoms with Crippen molar-refractivity contribution in [1.82, 2.24) is 4.90 Å². The smallest absolute Gasteiger partial charge is 0.368 e. The van der Waals surface area contributed by atoms with E-state index in [0.29, 0.717) is 4.47 Å². The summed E-state index contributed by atoms with van der Waals surface area (Å²) in [6, 6.07) is 14.2. The van der Waals surface area contributed by atoms with E-state index in [2.05, 4.69) is 37.9 Å². The summed E-state index contributed by atoms with van der Waals surface area (Å²) in [6.45, 7) is 4.29. The standard InChI is InChI=1S/C18H18BrF3N2/c19-16-12-15(18(20,21)22)6-7-17(16)24-10-8-23(9-11-24)13-14-4-2-1-3-5-14/h1-7,12H,8-11,13H2. The van der Waals surface area contributed by atoms with E-state index in [1.807, 2.05) is 18.2 Å². The molecule has 0 spiro atoms. The molecule has 0 amide bonds. The van der Waals surface area contributed by atoms with Gasteiger partial charge in [0.1, 0.15) is 0 Å².